The van der Waals surface area contributed by atoms with E-state index in [1.165, 1.54) is 0 Å². The SMILES string of the molecule is C[C@@H](c1c(Br)ccc(Cl)c1O)N1CCNCC1. The van der Waals surface area contributed by atoms with E-state index >= 15 is 0 Å². The van der Waals surface area contributed by atoms with Crippen molar-refractivity contribution in [2.24, 2.45) is 0 Å². The zero-order valence-electron chi connectivity index (χ0n) is 9.71. The molecule has 0 radical (unpaired) electrons. The van der Waals surface area contributed by atoms with Crippen LogP contribution in [0.15, 0.2) is 16.6 Å². The normalized spacial score (nSPS) is 19.2. The molecular weight excluding hydrogens is 304 g/mol. The van der Waals surface area contributed by atoms with Crippen LogP contribution in [0.25, 0.3) is 0 Å². The van der Waals surface area contributed by atoms with Gasteiger partial charge in [0.1, 0.15) is 5.75 Å². The van der Waals surface area contributed by atoms with Crippen molar-refractivity contribution >= 4 is 27.5 Å². The lowest BCUT2D eigenvalue weighted by atomic mass is 10.0. The molecule has 3 nitrogen and oxygen atoms in total. The summed E-state index contributed by atoms with van der Waals surface area (Å²) in [4.78, 5) is 2.34. The van der Waals surface area contributed by atoms with Gasteiger partial charge in [0.2, 0.25) is 0 Å². The third-order valence-corrected chi connectivity index (χ3v) is 4.23. The third kappa shape index (κ3) is 2.76. The Kier molecular flexibility index (Phi) is 4.31. The summed E-state index contributed by atoms with van der Waals surface area (Å²) in [6.45, 7) is 6.05. The molecular formula is C12H16BrClN2O. The molecule has 5 heteroatoms. The second-order valence-electron chi connectivity index (χ2n) is 4.25. The summed E-state index contributed by atoms with van der Waals surface area (Å²) < 4.78 is 0.908. The fourth-order valence-electron chi connectivity index (χ4n) is 2.21. The summed E-state index contributed by atoms with van der Waals surface area (Å²) in [5.41, 5.74) is 0.874. The Bertz CT molecular complexity index is 408. The van der Waals surface area contributed by atoms with Crippen LogP contribution in [-0.4, -0.2) is 36.2 Å². The van der Waals surface area contributed by atoms with E-state index in [2.05, 4.69) is 33.1 Å². The van der Waals surface area contributed by atoms with Crippen LogP contribution < -0.4 is 5.32 Å². The Hall–Kier alpha value is -0.290. The lowest BCUT2D eigenvalue weighted by Crippen LogP contribution is -2.44. The smallest absolute Gasteiger partial charge is 0.140 e. The predicted octanol–water partition coefficient (Wildman–Crippen LogP) is 2.77. The zero-order chi connectivity index (χ0) is 12.4. The van der Waals surface area contributed by atoms with E-state index in [9.17, 15) is 5.11 Å². The first-order valence-electron chi connectivity index (χ1n) is 5.73. The number of nitrogens with zero attached hydrogens (tertiary/aromatic N) is 1. The van der Waals surface area contributed by atoms with Gasteiger partial charge < -0.3 is 10.4 Å². The number of nitrogens with one attached hydrogen (secondary N) is 1. The van der Waals surface area contributed by atoms with Crippen LogP contribution >= 0.6 is 27.5 Å². The fraction of sp³-hybridized carbons (Fsp3) is 0.500. The molecule has 0 aliphatic carbocycles. The van der Waals surface area contributed by atoms with Crippen LogP contribution in [0.3, 0.4) is 0 Å². The van der Waals surface area contributed by atoms with Crippen molar-refractivity contribution in [2.45, 2.75) is 13.0 Å². The molecule has 1 atom stereocenters. The molecule has 1 aromatic rings. The highest BCUT2D eigenvalue weighted by molar-refractivity contribution is 9.10. The van der Waals surface area contributed by atoms with Crippen LogP contribution in [0.2, 0.25) is 5.02 Å². The topological polar surface area (TPSA) is 35.5 Å². The Morgan fingerprint density at radius 2 is 2.06 bits per heavy atom. The third-order valence-electron chi connectivity index (χ3n) is 3.23. The first-order valence-corrected chi connectivity index (χ1v) is 6.90. The van der Waals surface area contributed by atoms with Crippen LogP contribution in [0.4, 0.5) is 0 Å². The molecule has 1 aliphatic rings. The molecule has 0 spiro atoms. The van der Waals surface area contributed by atoms with Gasteiger partial charge in [-0.1, -0.05) is 27.5 Å². The maximum atomic E-state index is 10.1. The van der Waals surface area contributed by atoms with E-state index in [-0.39, 0.29) is 11.8 Å². The lowest BCUT2D eigenvalue weighted by molar-refractivity contribution is 0.182. The summed E-state index contributed by atoms with van der Waals surface area (Å²) in [5, 5.41) is 13.8. The summed E-state index contributed by atoms with van der Waals surface area (Å²) in [6, 6.07) is 3.75. The molecule has 1 saturated heterocycles. The largest absolute Gasteiger partial charge is 0.506 e. The highest BCUT2D eigenvalue weighted by Gasteiger charge is 2.23. The molecule has 1 aromatic carbocycles. The number of hydrogen-bond donors (Lipinski definition) is 2. The molecule has 0 aromatic heterocycles. The number of hydrogen-bond acceptors (Lipinski definition) is 3. The highest BCUT2D eigenvalue weighted by Crippen LogP contribution is 2.39. The van der Waals surface area contributed by atoms with E-state index in [4.69, 9.17) is 11.6 Å². The molecule has 1 heterocycles. The van der Waals surface area contributed by atoms with Crippen molar-refractivity contribution in [2.75, 3.05) is 26.2 Å². The maximum Gasteiger partial charge on any atom is 0.140 e. The number of phenolic OH excluding ortho intramolecular Hbond substituents is 1. The van der Waals surface area contributed by atoms with Crippen molar-refractivity contribution in [3.63, 3.8) is 0 Å². The monoisotopic (exact) mass is 318 g/mol. The number of rotatable bonds is 2. The zero-order valence-corrected chi connectivity index (χ0v) is 12.1. The molecule has 0 saturated carbocycles. The number of benzene rings is 1. The highest BCUT2D eigenvalue weighted by atomic mass is 79.9. The van der Waals surface area contributed by atoms with Gasteiger partial charge in [0.05, 0.1) is 5.02 Å². The van der Waals surface area contributed by atoms with E-state index in [0.29, 0.717) is 5.02 Å². The minimum Gasteiger partial charge on any atom is -0.506 e. The second-order valence-corrected chi connectivity index (χ2v) is 5.51. The van der Waals surface area contributed by atoms with Crippen molar-refractivity contribution in [1.29, 1.82) is 0 Å². The van der Waals surface area contributed by atoms with Gasteiger partial charge in [0.15, 0.2) is 0 Å². The van der Waals surface area contributed by atoms with Crippen molar-refractivity contribution in [3.05, 3.63) is 27.2 Å². The minimum absolute atomic E-state index is 0.158. The van der Waals surface area contributed by atoms with Crippen LogP contribution in [0.5, 0.6) is 5.75 Å². The number of aromatic hydroxyl groups is 1. The average molecular weight is 320 g/mol. The van der Waals surface area contributed by atoms with Crippen molar-refractivity contribution in [3.8, 4) is 5.75 Å². The summed E-state index contributed by atoms with van der Waals surface area (Å²) >= 11 is 9.45. The maximum absolute atomic E-state index is 10.1. The lowest BCUT2D eigenvalue weighted by Gasteiger charge is -2.33. The quantitative estimate of drug-likeness (QED) is 0.880. The Labute approximate surface area is 115 Å². The molecule has 0 bridgehead atoms. The predicted molar refractivity (Wildman–Crippen MR) is 73.7 cm³/mol. The minimum atomic E-state index is 0.158. The fourth-order valence-corrected chi connectivity index (χ4v) is 3.02. The van der Waals surface area contributed by atoms with E-state index in [1.54, 1.807) is 6.07 Å². The molecule has 2 N–H and O–H groups in total. The number of phenols is 1. The summed E-state index contributed by atoms with van der Waals surface area (Å²) in [6.07, 6.45) is 0. The Balaban J connectivity index is 2.29. The molecule has 17 heavy (non-hydrogen) atoms. The van der Waals surface area contributed by atoms with E-state index in [1.807, 2.05) is 6.07 Å². The van der Waals surface area contributed by atoms with Gasteiger partial charge in [-0.15, -0.1) is 0 Å². The Morgan fingerprint density at radius 1 is 1.41 bits per heavy atom. The van der Waals surface area contributed by atoms with Gasteiger partial charge in [-0.2, -0.15) is 0 Å². The molecule has 94 valence electrons. The average Bonchev–Trinajstić information content (AvgIpc) is 2.35. The van der Waals surface area contributed by atoms with Gasteiger partial charge in [-0.05, 0) is 19.1 Å². The first kappa shape index (κ1) is 13.1. The van der Waals surface area contributed by atoms with Crippen LogP contribution in [0, 0.1) is 0 Å². The Morgan fingerprint density at radius 3 is 2.71 bits per heavy atom. The van der Waals surface area contributed by atoms with Crippen molar-refractivity contribution in [1.82, 2.24) is 10.2 Å². The van der Waals surface area contributed by atoms with Crippen molar-refractivity contribution < 1.29 is 5.11 Å². The molecule has 0 amide bonds. The summed E-state index contributed by atoms with van der Waals surface area (Å²) in [7, 11) is 0. The number of halogens is 2. The summed E-state index contributed by atoms with van der Waals surface area (Å²) in [5.74, 6) is 0.187. The van der Waals surface area contributed by atoms with Crippen LogP contribution in [0.1, 0.15) is 18.5 Å². The molecule has 1 fully saturated rings. The van der Waals surface area contributed by atoms with E-state index < -0.39 is 0 Å². The molecule has 1 aliphatic heterocycles. The first-order chi connectivity index (χ1) is 8.11. The standard InChI is InChI=1S/C12H16BrClN2O/c1-8(16-6-4-15-5-7-16)11-9(13)2-3-10(14)12(11)17/h2-3,8,15,17H,4-7H2,1H3/t8-/m0/s1. The molecule has 0 unspecified atom stereocenters. The van der Waals surface area contributed by atoms with Gasteiger partial charge in [0, 0.05) is 42.3 Å². The number of piperazine rings is 1. The van der Waals surface area contributed by atoms with Gasteiger partial charge in [0.25, 0.3) is 0 Å². The van der Waals surface area contributed by atoms with Gasteiger partial charge in [-0.3, -0.25) is 4.90 Å². The van der Waals surface area contributed by atoms with Gasteiger partial charge in [-0.25, -0.2) is 0 Å². The molecule has 2 rings (SSSR count). The van der Waals surface area contributed by atoms with Gasteiger partial charge >= 0.3 is 0 Å². The second kappa shape index (κ2) is 5.57. The van der Waals surface area contributed by atoms with E-state index in [0.717, 1.165) is 36.2 Å². The van der Waals surface area contributed by atoms with Crippen LogP contribution in [-0.2, 0) is 0 Å².